The van der Waals surface area contributed by atoms with Crippen LogP contribution in [0.1, 0.15) is 42.4 Å². The monoisotopic (exact) mass is 485 g/mol. The molecule has 3 aliphatic heterocycles. The van der Waals surface area contributed by atoms with Crippen LogP contribution >= 0.6 is 0 Å². The number of benzene rings is 1. The fourth-order valence-electron chi connectivity index (χ4n) is 5.95. The summed E-state index contributed by atoms with van der Waals surface area (Å²) in [4.78, 5) is 62.3. The molecular weight excluding hydrogens is 458 g/mol. The van der Waals surface area contributed by atoms with Gasteiger partial charge in [0, 0.05) is 19.2 Å². The lowest BCUT2D eigenvalue weighted by Gasteiger charge is -2.50. The van der Waals surface area contributed by atoms with Gasteiger partial charge in [-0.25, -0.2) is 9.78 Å². The Bertz CT molecular complexity index is 1460. The van der Waals surface area contributed by atoms with E-state index in [0.29, 0.717) is 30.0 Å². The molecule has 184 valence electrons. The molecule has 6 rings (SSSR count). The van der Waals surface area contributed by atoms with Crippen molar-refractivity contribution in [3.05, 3.63) is 75.7 Å². The minimum atomic E-state index is -1.58. The number of barbiturate groups is 1. The van der Waals surface area contributed by atoms with Crippen LogP contribution in [-0.4, -0.2) is 44.7 Å². The van der Waals surface area contributed by atoms with E-state index < -0.39 is 29.3 Å². The Hall–Kier alpha value is -4.01. The van der Waals surface area contributed by atoms with E-state index in [9.17, 15) is 19.2 Å². The third kappa shape index (κ3) is 3.26. The van der Waals surface area contributed by atoms with Gasteiger partial charge in [0.1, 0.15) is 11.5 Å². The van der Waals surface area contributed by atoms with Crippen LogP contribution in [0.25, 0.3) is 5.65 Å². The zero-order chi connectivity index (χ0) is 25.0. The molecule has 0 unspecified atom stereocenters. The van der Waals surface area contributed by atoms with Gasteiger partial charge in [0.05, 0.1) is 18.2 Å². The van der Waals surface area contributed by atoms with E-state index in [-0.39, 0.29) is 18.5 Å². The van der Waals surface area contributed by atoms with Crippen molar-refractivity contribution >= 4 is 29.3 Å². The van der Waals surface area contributed by atoms with Crippen molar-refractivity contribution in [3.8, 4) is 0 Å². The third-order valence-electron chi connectivity index (χ3n) is 7.81. The summed E-state index contributed by atoms with van der Waals surface area (Å²) in [6.07, 6.45) is 4.81. The van der Waals surface area contributed by atoms with Gasteiger partial charge in [-0.1, -0.05) is 48.7 Å². The van der Waals surface area contributed by atoms with E-state index in [1.54, 1.807) is 18.3 Å². The van der Waals surface area contributed by atoms with Crippen molar-refractivity contribution in [2.24, 2.45) is 5.41 Å². The van der Waals surface area contributed by atoms with Crippen LogP contribution in [0, 0.1) is 12.3 Å². The van der Waals surface area contributed by atoms with Crippen LogP contribution < -0.4 is 15.8 Å². The maximum atomic E-state index is 14.2. The molecule has 1 aromatic carbocycles. The summed E-state index contributed by atoms with van der Waals surface area (Å²) in [5, 5.41) is 2.46. The van der Waals surface area contributed by atoms with Gasteiger partial charge >= 0.3 is 6.03 Å². The number of carbonyl (C=O) groups excluding carboxylic acids is 3. The van der Waals surface area contributed by atoms with E-state index in [0.717, 1.165) is 35.3 Å². The van der Waals surface area contributed by atoms with Gasteiger partial charge in [-0.2, -0.15) is 0 Å². The number of imide groups is 2. The molecule has 2 atom stereocenters. The minimum absolute atomic E-state index is 0.0501. The smallest absolute Gasteiger partial charge is 0.331 e. The van der Waals surface area contributed by atoms with Gasteiger partial charge in [-0.05, 0) is 37.5 Å². The van der Waals surface area contributed by atoms with Crippen LogP contribution in [0.4, 0.5) is 10.6 Å². The number of amides is 4. The standard InChI is InChI=1S/C27H27N5O4/c1-17-9-11-18(12-10-17)16-32-25(35)27(24(34)29-26(32)36)15-19-22(30-13-5-2-3-7-20(27)30)28-21-8-4-6-14-31(21)23(19)33/h4,6,8-12,14,20H,2-3,5,7,13,15-16H2,1H3,(H,29,34,36)/t20-,27+/m1/s1. The molecule has 3 aromatic rings. The lowest BCUT2D eigenvalue weighted by Crippen LogP contribution is -2.72. The molecule has 0 aliphatic carbocycles. The second-order valence-electron chi connectivity index (χ2n) is 9.99. The number of fused-ring (bicyclic) bond motifs is 5. The summed E-state index contributed by atoms with van der Waals surface area (Å²) >= 11 is 0. The van der Waals surface area contributed by atoms with Gasteiger partial charge in [-0.3, -0.25) is 29.0 Å². The topological polar surface area (TPSA) is 104 Å². The highest BCUT2D eigenvalue weighted by Crippen LogP contribution is 2.45. The number of pyridine rings is 1. The summed E-state index contributed by atoms with van der Waals surface area (Å²) in [6.45, 7) is 2.60. The number of nitrogens with zero attached hydrogens (tertiary/aromatic N) is 4. The highest BCUT2D eigenvalue weighted by atomic mass is 16.2. The van der Waals surface area contributed by atoms with Gasteiger partial charge in [0.25, 0.3) is 5.56 Å². The van der Waals surface area contributed by atoms with Gasteiger partial charge in [0.2, 0.25) is 11.8 Å². The average molecular weight is 486 g/mol. The lowest BCUT2D eigenvalue weighted by molar-refractivity contribution is -0.154. The first kappa shape index (κ1) is 22.5. The van der Waals surface area contributed by atoms with E-state index in [4.69, 9.17) is 4.98 Å². The second-order valence-corrected chi connectivity index (χ2v) is 9.99. The number of rotatable bonds is 2. The summed E-state index contributed by atoms with van der Waals surface area (Å²) in [5.41, 5.74) is 0.842. The molecule has 36 heavy (non-hydrogen) atoms. The molecule has 3 aliphatic rings. The van der Waals surface area contributed by atoms with Gasteiger partial charge in [-0.15, -0.1) is 0 Å². The number of hydrogen-bond acceptors (Lipinski definition) is 6. The molecule has 1 N–H and O–H groups in total. The SMILES string of the molecule is Cc1ccc(CN2C(=O)NC(=O)[C@@]3(Cc4c(nc5ccccn5c4=O)N4CCCCC[C@@H]43)C2=O)cc1. The Labute approximate surface area is 207 Å². The molecule has 0 bridgehead atoms. The maximum Gasteiger partial charge on any atom is 0.331 e. The quantitative estimate of drug-likeness (QED) is 0.560. The van der Waals surface area contributed by atoms with Crippen LogP contribution in [0.2, 0.25) is 0 Å². The molecule has 0 saturated carbocycles. The highest BCUT2D eigenvalue weighted by Gasteiger charge is 2.62. The molecule has 9 heteroatoms. The number of aromatic nitrogens is 2. The van der Waals surface area contributed by atoms with E-state index in [1.807, 2.05) is 42.2 Å². The zero-order valence-corrected chi connectivity index (χ0v) is 20.1. The predicted octanol–water partition coefficient (Wildman–Crippen LogP) is 2.57. The first-order valence-electron chi connectivity index (χ1n) is 12.4. The van der Waals surface area contributed by atoms with Crippen molar-refractivity contribution in [2.75, 3.05) is 11.4 Å². The normalized spacial score (nSPS) is 23.9. The first-order chi connectivity index (χ1) is 17.4. The summed E-state index contributed by atoms with van der Waals surface area (Å²) in [6, 6.07) is 11.7. The number of urea groups is 1. The van der Waals surface area contributed by atoms with Crippen molar-refractivity contribution in [1.29, 1.82) is 0 Å². The number of carbonyl (C=O) groups is 3. The van der Waals surface area contributed by atoms with Gasteiger partial charge < -0.3 is 4.90 Å². The average Bonchev–Trinajstić information content (AvgIpc) is 3.14. The predicted molar refractivity (Wildman–Crippen MR) is 132 cm³/mol. The lowest BCUT2D eigenvalue weighted by atomic mass is 9.68. The zero-order valence-electron chi connectivity index (χ0n) is 20.1. The molecule has 4 amide bonds. The van der Waals surface area contributed by atoms with Crippen molar-refractivity contribution < 1.29 is 14.4 Å². The third-order valence-corrected chi connectivity index (χ3v) is 7.81. The number of aryl methyl sites for hydroxylation is 1. The summed E-state index contributed by atoms with van der Waals surface area (Å²) < 4.78 is 1.45. The maximum absolute atomic E-state index is 14.2. The van der Waals surface area contributed by atoms with Crippen molar-refractivity contribution in [2.45, 2.75) is 51.6 Å². The van der Waals surface area contributed by atoms with Crippen molar-refractivity contribution in [1.82, 2.24) is 19.6 Å². The van der Waals surface area contributed by atoms with Crippen molar-refractivity contribution in [3.63, 3.8) is 0 Å². The molecule has 9 nitrogen and oxygen atoms in total. The summed E-state index contributed by atoms with van der Waals surface area (Å²) in [5.74, 6) is -0.624. The van der Waals surface area contributed by atoms with Crippen LogP contribution in [0.3, 0.4) is 0 Å². The number of hydrogen-bond donors (Lipinski definition) is 1. The second kappa shape index (κ2) is 8.29. The Balaban J connectivity index is 1.51. The molecule has 2 fully saturated rings. The highest BCUT2D eigenvalue weighted by molar-refractivity contribution is 6.20. The molecular formula is C27H27N5O4. The molecule has 2 aromatic heterocycles. The van der Waals surface area contributed by atoms with Gasteiger partial charge in [0.15, 0.2) is 5.41 Å². The Morgan fingerprint density at radius 1 is 1.03 bits per heavy atom. The first-order valence-corrected chi connectivity index (χ1v) is 12.4. The van der Waals surface area contributed by atoms with Crippen LogP contribution in [0.5, 0.6) is 0 Å². The Morgan fingerprint density at radius 3 is 2.64 bits per heavy atom. The summed E-state index contributed by atoms with van der Waals surface area (Å²) in [7, 11) is 0. The molecule has 2 saturated heterocycles. The van der Waals surface area contributed by atoms with Crippen LogP contribution in [-0.2, 0) is 22.6 Å². The Kier molecular flexibility index (Phi) is 5.17. The fourth-order valence-corrected chi connectivity index (χ4v) is 5.95. The van der Waals surface area contributed by atoms with E-state index in [1.165, 1.54) is 4.40 Å². The van der Waals surface area contributed by atoms with E-state index in [2.05, 4.69) is 5.32 Å². The molecule has 1 spiro atoms. The van der Waals surface area contributed by atoms with E-state index >= 15 is 0 Å². The Morgan fingerprint density at radius 2 is 1.83 bits per heavy atom. The minimum Gasteiger partial charge on any atom is -0.352 e. The number of nitrogens with one attached hydrogen (secondary N) is 1. The van der Waals surface area contributed by atoms with Crippen LogP contribution in [0.15, 0.2) is 53.5 Å². The fraction of sp³-hybridized carbons (Fsp3) is 0.370. The largest absolute Gasteiger partial charge is 0.352 e. The molecule has 5 heterocycles. The number of anilines is 1. The molecule has 0 radical (unpaired) electrons.